The van der Waals surface area contributed by atoms with Gasteiger partial charge in [0, 0.05) is 6.20 Å². The summed E-state index contributed by atoms with van der Waals surface area (Å²) in [6.07, 6.45) is 2.63. The number of halogens is 1. The topological polar surface area (TPSA) is 73.6 Å². The molecule has 1 saturated heterocycles. The highest BCUT2D eigenvalue weighted by Gasteiger charge is 2.54. The number of rotatable bonds is 4. The van der Waals surface area contributed by atoms with E-state index < -0.39 is 35.4 Å². The third-order valence-electron chi connectivity index (χ3n) is 4.85. The molecule has 0 spiro atoms. The number of hydrogen-bond donors (Lipinski definition) is 1. The summed E-state index contributed by atoms with van der Waals surface area (Å²) in [5.74, 6) is -1.07. The van der Waals surface area contributed by atoms with Crippen LogP contribution in [0.3, 0.4) is 0 Å². The van der Waals surface area contributed by atoms with Crippen LogP contribution in [0.2, 0.25) is 0 Å². The standard InChI is InChI=1S/C17H26BFN2O4/c1-15(2,3)12(10-21-9-11(8-20-21)14(22)23)13(19)18-24-16(4,5)17(6,7)25-18/h8-9H,10H2,1-7H3,(H,22,23). The van der Waals surface area contributed by atoms with Crippen LogP contribution < -0.4 is 0 Å². The molecule has 0 atom stereocenters. The van der Waals surface area contributed by atoms with E-state index in [-0.39, 0.29) is 12.1 Å². The summed E-state index contributed by atoms with van der Waals surface area (Å²) in [5, 5.41) is 13.0. The molecule has 138 valence electrons. The van der Waals surface area contributed by atoms with Gasteiger partial charge in [-0.3, -0.25) is 4.68 Å². The molecule has 0 aliphatic carbocycles. The number of aromatic carboxylic acids is 1. The molecule has 2 rings (SSSR count). The molecule has 1 N–H and O–H groups in total. The molecule has 1 aromatic heterocycles. The Kier molecular flexibility index (Phi) is 4.91. The number of allylic oxidation sites excluding steroid dienone is 1. The van der Waals surface area contributed by atoms with Crippen molar-refractivity contribution in [2.75, 3.05) is 0 Å². The van der Waals surface area contributed by atoms with Crippen molar-refractivity contribution >= 4 is 13.1 Å². The summed E-state index contributed by atoms with van der Waals surface area (Å²) < 4.78 is 28.3. The Morgan fingerprint density at radius 2 is 1.80 bits per heavy atom. The lowest BCUT2D eigenvalue weighted by molar-refractivity contribution is 0.00578. The van der Waals surface area contributed by atoms with Crippen molar-refractivity contribution in [3.63, 3.8) is 0 Å². The van der Waals surface area contributed by atoms with Gasteiger partial charge in [0.1, 0.15) is 5.73 Å². The van der Waals surface area contributed by atoms with E-state index in [9.17, 15) is 4.79 Å². The number of aromatic nitrogens is 2. The van der Waals surface area contributed by atoms with Crippen molar-refractivity contribution in [3.05, 3.63) is 29.3 Å². The van der Waals surface area contributed by atoms with E-state index in [0.29, 0.717) is 5.57 Å². The molecular weight excluding hydrogens is 326 g/mol. The Bertz CT molecular complexity index is 688. The number of hydrogen-bond acceptors (Lipinski definition) is 4. The van der Waals surface area contributed by atoms with Gasteiger partial charge < -0.3 is 14.4 Å². The molecule has 1 aliphatic rings. The summed E-state index contributed by atoms with van der Waals surface area (Å²) in [5.41, 5.74) is -1.77. The number of nitrogens with zero attached hydrogens (tertiary/aromatic N) is 2. The second-order valence-corrected chi connectivity index (χ2v) is 8.40. The van der Waals surface area contributed by atoms with Gasteiger partial charge in [0.25, 0.3) is 0 Å². The number of carboxylic acid groups (broad SMARTS) is 1. The summed E-state index contributed by atoms with van der Waals surface area (Å²) in [6, 6.07) is 0. The van der Waals surface area contributed by atoms with Crippen molar-refractivity contribution in [1.29, 1.82) is 0 Å². The lowest BCUT2D eigenvalue weighted by atomic mass is 9.76. The van der Waals surface area contributed by atoms with Crippen molar-refractivity contribution in [1.82, 2.24) is 9.78 Å². The summed E-state index contributed by atoms with van der Waals surface area (Å²) in [7, 11) is -1.09. The minimum absolute atomic E-state index is 0.0595. The average molecular weight is 352 g/mol. The zero-order valence-corrected chi connectivity index (χ0v) is 15.9. The zero-order chi connectivity index (χ0) is 19.2. The van der Waals surface area contributed by atoms with E-state index in [0.717, 1.165) is 0 Å². The van der Waals surface area contributed by atoms with Gasteiger partial charge in [-0.1, -0.05) is 20.8 Å². The van der Waals surface area contributed by atoms with E-state index in [1.54, 1.807) is 0 Å². The first-order valence-electron chi connectivity index (χ1n) is 8.25. The fraction of sp³-hybridized carbons (Fsp3) is 0.647. The highest BCUT2D eigenvalue weighted by molar-refractivity contribution is 6.53. The summed E-state index contributed by atoms with van der Waals surface area (Å²) in [6.45, 7) is 13.2. The molecule has 25 heavy (non-hydrogen) atoms. The molecule has 0 saturated carbocycles. The molecule has 0 amide bonds. The van der Waals surface area contributed by atoms with Crippen LogP contribution in [0.5, 0.6) is 0 Å². The maximum Gasteiger partial charge on any atom is 0.525 e. The summed E-state index contributed by atoms with van der Waals surface area (Å²) >= 11 is 0. The average Bonchev–Trinajstić information content (AvgIpc) is 2.97. The van der Waals surface area contributed by atoms with Crippen molar-refractivity contribution in [2.24, 2.45) is 5.41 Å². The largest absolute Gasteiger partial charge is 0.525 e. The van der Waals surface area contributed by atoms with Crippen LogP contribution in [-0.4, -0.2) is 39.2 Å². The lowest BCUT2D eigenvalue weighted by Gasteiger charge is -2.32. The van der Waals surface area contributed by atoms with E-state index in [1.165, 1.54) is 17.1 Å². The first-order valence-corrected chi connectivity index (χ1v) is 8.25. The Morgan fingerprint density at radius 1 is 1.28 bits per heavy atom. The minimum atomic E-state index is -1.09. The molecule has 1 aromatic rings. The van der Waals surface area contributed by atoms with E-state index >= 15 is 4.39 Å². The van der Waals surface area contributed by atoms with E-state index in [2.05, 4.69) is 5.10 Å². The van der Waals surface area contributed by atoms with Crippen LogP contribution >= 0.6 is 0 Å². The first-order chi connectivity index (χ1) is 11.2. The predicted molar refractivity (Wildman–Crippen MR) is 92.9 cm³/mol. The van der Waals surface area contributed by atoms with Crippen molar-refractivity contribution in [2.45, 2.75) is 66.2 Å². The fourth-order valence-electron chi connectivity index (χ4n) is 2.48. The molecular formula is C17H26BFN2O4. The number of carboxylic acids is 1. The van der Waals surface area contributed by atoms with Gasteiger partial charge in [0.15, 0.2) is 0 Å². The smallest absolute Gasteiger partial charge is 0.478 e. The third-order valence-corrected chi connectivity index (χ3v) is 4.85. The predicted octanol–water partition coefficient (Wildman–Crippen LogP) is 3.48. The lowest BCUT2D eigenvalue weighted by Crippen LogP contribution is -2.41. The maximum atomic E-state index is 15.3. The third kappa shape index (κ3) is 3.95. The molecule has 8 heteroatoms. The molecule has 0 unspecified atom stereocenters. The Morgan fingerprint density at radius 3 is 2.20 bits per heavy atom. The second kappa shape index (κ2) is 6.25. The maximum absolute atomic E-state index is 15.3. The molecule has 0 aromatic carbocycles. The van der Waals surface area contributed by atoms with E-state index in [1.807, 2.05) is 48.5 Å². The molecule has 1 aliphatic heterocycles. The first kappa shape index (κ1) is 19.7. The van der Waals surface area contributed by atoms with Gasteiger partial charge in [0.05, 0.1) is 29.5 Å². The monoisotopic (exact) mass is 352 g/mol. The Labute approximate surface area is 148 Å². The van der Waals surface area contributed by atoms with Crippen LogP contribution in [0.25, 0.3) is 0 Å². The normalized spacial score (nSPS) is 20.6. The molecule has 0 bridgehead atoms. The van der Waals surface area contributed by atoms with E-state index in [4.69, 9.17) is 14.4 Å². The van der Waals surface area contributed by atoms with Gasteiger partial charge in [-0.2, -0.15) is 5.10 Å². The van der Waals surface area contributed by atoms with Gasteiger partial charge in [-0.15, -0.1) is 0 Å². The highest BCUT2D eigenvalue weighted by Crippen LogP contribution is 2.41. The number of carbonyl (C=O) groups is 1. The molecule has 0 radical (unpaired) electrons. The second-order valence-electron chi connectivity index (χ2n) is 8.40. The minimum Gasteiger partial charge on any atom is -0.478 e. The fourth-order valence-corrected chi connectivity index (χ4v) is 2.48. The van der Waals surface area contributed by atoms with Gasteiger partial charge >= 0.3 is 13.1 Å². The molecule has 2 heterocycles. The van der Waals surface area contributed by atoms with Gasteiger partial charge in [-0.25, -0.2) is 9.18 Å². The van der Waals surface area contributed by atoms with Crippen LogP contribution in [0, 0.1) is 5.41 Å². The van der Waals surface area contributed by atoms with Crippen LogP contribution in [0.4, 0.5) is 4.39 Å². The Hall–Kier alpha value is -1.67. The van der Waals surface area contributed by atoms with Crippen LogP contribution in [0.15, 0.2) is 23.7 Å². The summed E-state index contributed by atoms with van der Waals surface area (Å²) in [4.78, 5) is 11.0. The molecule has 6 nitrogen and oxygen atoms in total. The van der Waals surface area contributed by atoms with Gasteiger partial charge in [-0.05, 0) is 38.7 Å². The highest BCUT2D eigenvalue weighted by atomic mass is 19.1. The van der Waals surface area contributed by atoms with Crippen molar-refractivity contribution in [3.8, 4) is 0 Å². The quantitative estimate of drug-likeness (QED) is 0.840. The zero-order valence-electron chi connectivity index (χ0n) is 15.9. The van der Waals surface area contributed by atoms with Crippen molar-refractivity contribution < 1.29 is 23.6 Å². The van der Waals surface area contributed by atoms with Crippen LogP contribution in [-0.2, 0) is 15.9 Å². The SMILES string of the molecule is CC(C)(C)C(Cn1cc(C(=O)O)cn1)=C(F)B1OC(C)(C)C(C)(C)O1. The molecule has 1 fully saturated rings. The van der Waals surface area contributed by atoms with Gasteiger partial charge in [0.2, 0.25) is 0 Å². The Balaban J connectivity index is 2.36. The van der Waals surface area contributed by atoms with Crippen LogP contribution in [0.1, 0.15) is 58.8 Å².